The second-order valence-corrected chi connectivity index (χ2v) is 10.1. The van der Waals surface area contributed by atoms with Crippen molar-refractivity contribution in [2.75, 3.05) is 39.0 Å². The molecule has 2 saturated heterocycles. The molecule has 0 aromatic carbocycles. The van der Waals surface area contributed by atoms with Crippen LogP contribution in [0.3, 0.4) is 0 Å². The Balaban J connectivity index is 1.85. The van der Waals surface area contributed by atoms with Crippen LogP contribution in [0, 0.1) is 16.7 Å². The maximum Gasteiger partial charge on any atom is 0.228 e. The number of carbonyl (C=O) groups is 2. The maximum atomic E-state index is 12.7. The molecule has 3 fully saturated rings. The molecular weight excluding hydrogens is 342 g/mol. The van der Waals surface area contributed by atoms with Gasteiger partial charge in [0.25, 0.3) is 0 Å². The van der Waals surface area contributed by atoms with Gasteiger partial charge in [-0.1, -0.05) is 0 Å². The molecule has 0 aromatic heterocycles. The molecule has 7 nitrogen and oxygen atoms in total. The van der Waals surface area contributed by atoms with E-state index >= 15 is 0 Å². The number of likely N-dealkylation sites (tertiary alicyclic amines) is 1. The lowest BCUT2D eigenvalue weighted by Crippen LogP contribution is -2.49. The number of fused-ring (bicyclic) bond motifs is 2. The number of rotatable bonds is 3. The Labute approximate surface area is 150 Å². The number of nitrogens with zero attached hydrogens (tertiary/aromatic N) is 2. The summed E-state index contributed by atoms with van der Waals surface area (Å²) in [7, 11) is -1.50. The summed E-state index contributed by atoms with van der Waals surface area (Å²) in [6.07, 6.45) is 3.28. The van der Waals surface area contributed by atoms with E-state index in [4.69, 9.17) is 0 Å². The number of sulfonamides is 1. The smallest absolute Gasteiger partial charge is 0.228 e. The van der Waals surface area contributed by atoms with Gasteiger partial charge >= 0.3 is 0 Å². The van der Waals surface area contributed by atoms with Crippen LogP contribution >= 0.6 is 0 Å². The average Bonchev–Trinajstić information content (AvgIpc) is 3.13. The molecule has 3 rings (SSSR count). The van der Waals surface area contributed by atoms with Gasteiger partial charge in [-0.2, -0.15) is 0 Å². The highest BCUT2D eigenvalue weighted by molar-refractivity contribution is 7.89. The van der Waals surface area contributed by atoms with Crippen LogP contribution < -0.4 is 5.32 Å². The number of piperidine rings is 1. The van der Waals surface area contributed by atoms with Gasteiger partial charge in [-0.05, 0) is 43.9 Å². The van der Waals surface area contributed by atoms with E-state index in [-0.39, 0.29) is 28.9 Å². The maximum absolute atomic E-state index is 12.7. The second kappa shape index (κ2) is 6.23. The Morgan fingerprint density at radius 2 is 1.80 bits per heavy atom. The van der Waals surface area contributed by atoms with Gasteiger partial charge in [0.05, 0.1) is 11.2 Å². The Morgan fingerprint density at radius 3 is 2.32 bits per heavy atom. The summed E-state index contributed by atoms with van der Waals surface area (Å²) in [6.45, 7) is 5.39. The molecule has 0 radical (unpaired) electrons. The van der Waals surface area contributed by atoms with Crippen LogP contribution in [0.4, 0.5) is 0 Å². The molecule has 0 aromatic rings. The van der Waals surface area contributed by atoms with Crippen LogP contribution in [0.25, 0.3) is 0 Å². The third-order valence-electron chi connectivity index (χ3n) is 6.95. The highest BCUT2D eigenvalue weighted by Crippen LogP contribution is 2.62. The van der Waals surface area contributed by atoms with E-state index in [1.54, 1.807) is 30.1 Å². The Bertz CT molecular complexity index is 669. The molecule has 0 unspecified atom stereocenters. The number of hydrogen-bond donors (Lipinski definition) is 1. The molecule has 2 amide bonds. The van der Waals surface area contributed by atoms with E-state index in [1.807, 2.05) is 0 Å². The summed E-state index contributed by atoms with van der Waals surface area (Å²) in [5, 5.41) is 2.81. The molecule has 8 heteroatoms. The molecule has 25 heavy (non-hydrogen) atoms. The summed E-state index contributed by atoms with van der Waals surface area (Å²) in [5.41, 5.74) is -0.539. The van der Waals surface area contributed by atoms with E-state index in [0.29, 0.717) is 26.2 Å². The van der Waals surface area contributed by atoms with E-state index in [0.717, 1.165) is 25.7 Å². The SMILES string of the molecule is CCS(=O)(=O)N1CCC2(CC1)CC[C@@]1(C(=O)NC)CN(C(C)=O)C[C@@H]21. The van der Waals surface area contributed by atoms with E-state index < -0.39 is 15.4 Å². The highest BCUT2D eigenvalue weighted by Gasteiger charge is 2.64. The van der Waals surface area contributed by atoms with Gasteiger partial charge in [-0.3, -0.25) is 9.59 Å². The Hall–Kier alpha value is -1.15. The van der Waals surface area contributed by atoms with Crippen molar-refractivity contribution in [3.8, 4) is 0 Å². The van der Waals surface area contributed by atoms with E-state index in [2.05, 4.69) is 5.32 Å². The van der Waals surface area contributed by atoms with E-state index in [9.17, 15) is 18.0 Å². The third kappa shape index (κ3) is 2.77. The summed E-state index contributed by atoms with van der Waals surface area (Å²) in [6, 6.07) is 0. The molecule has 1 saturated carbocycles. The van der Waals surface area contributed by atoms with Crippen molar-refractivity contribution < 1.29 is 18.0 Å². The summed E-state index contributed by atoms with van der Waals surface area (Å²) in [5.74, 6) is 0.292. The minimum Gasteiger partial charge on any atom is -0.359 e. The second-order valence-electron chi connectivity index (χ2n) is 7.85. The average molecular weight is 372 g/mol. The highest BCUT2D eigenvalue weighted by atomic mass is 32.2. The van der Waals surface area contributed by atoms with Crippen LogP contribution in [0.15, 0.2) is 0 Å². The predicted octanol–water partition coefficient (Wildman–Crippen LogP) is 0.423. The third-order valence-corrected chi connectivity index (χ3v) is 8.83. The number of carbonyl (C=O) groups excluding carboxylic acids is 2. The first-order valence-electron chi connectivity index (χ1n) is 9.16. The minimum absolute atomic E-state index is 0.0128. The Morgan fingerprint density at radius 1 is 1.16 bits per heavy atom. The van der Waals surface area contributed by atoms with Crippen molar-refractivity contribution in [1.29, 1.82) is 0 Å². The molecular formula is C17H29N3O4S. The number of nitrogens with one attached hydrogen (secondary N) is 1. The van der Waals surface area contributed by atoms with Crippen LogP contribution in [0.5, 0.6) is 0 Å². The van der Waals surface area contributed by atoms with Gasteiger partial charge in [0.15, 0.2) is 0 Å². The van der Waals surface area contributed by atoms with Crippen LogP contribution in [-0.2, 0) is 19.6 Å². The first-order valence-corrected chi connectivity index (χ1v) is 10.8. The van der Waals surface area contributed by atoms with Crippen molar-refractivity contribution in [2.24, 2.45) is 16.7 Å². The Kier molecular flexibility index (Phi) is 4.64. The lowest BCUT2D eigenvalue weighted by atomic mass is 9.66. The zero-order chi connectivity index (χ0) is 18.5. The van der Waals surface area contributed by atoms with Crippen molar-refractivity contribution in [3.05, 3.63) is 0 Å². The molecule has 2 atom stereocenters. The molecule has 2 heterocycles. The summed E-state index contributed by atoms with van der Waals surface area (Å²) >= 11 is 0. The van der Waals surface area contributed by atoms with Gasteiger partial charge in [0, 0.05) is 40.2 Å². The van der Waals surface area contributed by atoms with Gasteiger partial charge in [-0.15, -0.1) is 0 Å². The first kappa shape index (κ1) is 18.6. The van der Waals surface area contributed by atoms with Gasteiger partial charge in [-0.25, -0.2) is 12.7 Å². The lowest BCUT2D eigenvalue weighted by molar-refractivity contribution is -0.133. The van der Waals surface area contributed by atoms with Gasteiger partial charge < -0.3 is 10.2 Å². The normalized spacial score (nSPS) is 32.0. The van der Waals surface area contributed by atoms with Gasteiger partial charge in [0.1, 0.15) is 0 Å². The fourth-order valence-corrected chi connectivity index (χ4v) is 6.52. The fraction of sp³-hybridized carbons (Fsp3) is 0.882. The van der Waals surface area contributed by atoms with Crippen molar-refractivity contribution in [1.82, 2.24) is 14.5 Å². The molecule has 1 spiro atoms. The molecule has 142 valence electrons. The van der Waals surface area contributed by atoms with Gasteiger partial charge in [0.2, 0.25) is 21.8 Å². The monoisotopic (exact) mass is 371 g/mol. The zero-order valence-electron chi connectivity index (χ0n) is 15.4. The molecule has 1 N–H and O–H groups in total. The fourth-order valence-electron chi connectivity index (χ4n) is 5.41. The molecule has 0 bridgehead atoms. The molecule has 1 aliphatic carbocycles. The lowest BCUT2D eigenvalue weighted by Gasteiger charge is -2.43. The predicted molar refractivity (Wildman–Crippen MR) is 94.2 cm³/mol. The molecule has 3 aliphatic rings. The number of hydrogen-bond acceptors (Lipinski definition) is 4. The van der Waals surface area contributed by atoms with Crippen molar-refractivity contribution in [3.63, 3.8) is 0 Å². The quantitative estimate of drug-likeness (QED) is 0.779. The summed E-state index contributed by atoms with van der Waals surface area (Å²) < 4.78 is 25.9. The number of amides is 2. The minimum atomic E-state index is -3.16. The van der Waals surface area contributed by atoms with Crippen LogP contribution in [0.1, 0.15) is 39.5 Å². The van der Waals surface area contributed by atoms with Crippen molar-refractivity contribution >= 4 is 21.8 Å². The van der Waals surface area contributed by atoms with E-state index in [1.165, 1.54) is 0 Å². The molecule has 2 aliphatic heterocycles. The topological polar surface area (TPSA) is 86.8 Å². The standard InChI is InChI=1S/C17H29N3O4S/c1-4-25(23,24)20-9-7-16(8-10-20)5-6-17(15(22)18-3)12-19(13(2)21)11-14(16)17/h14H,4-12H2,1-3H3,(H,18,22)/t14-,17+/m0/s1. The van der Waals surface area contributed by atoms with Crippen LogP contribution in [0.2, 0.25) is 0 Å². The van der Waals surface area contributed by atoms with Crippen molar-refractivity contribution in [2.45, 2.75) is 39.5 Å². The first-order chi connectivity index (χ1) is 11.7. The largest absolute Gasteiger partial charge is 0.359 e. The summed E-state index contributed by atoms with van der Waals surface area (Å²) in [4.78, 5) is 26.5. The zero-order valence-corrected chi connectivity index (χ0v) is 16.2. The van der Waals surface area contributed by atoms with Crippen LogP contribution in [-0.4, -0.2) is 68.4 Å².